The van der Waals surface area contributed by atoms with Crippen molar-refractivity contribution in [3.8, 4) is 17.2 Å². The van der Waals surface area contributed by atoms with Crippen LogP contribution in [0.4, 0.5) is 18.9 Å². The van der Waals surface area contributed by atoms with E-state index in [0.717, 1.165) is 19.1 Å². The summed E-state index contributed by atoms with van der Waals surface area (Å²) >= 11 is 0. The standard InChI is InChI=1S/C18H19F3N2O6S/c1-10-7-17(16(28-4)9-15(10)27-3)29-30(25,26)23-22-14-6-5-12(11(2)24)8-13(14)18(19,20)21/h5-9,22-23H,1-4H3. The number of nitrogens with one attached hydrogen (secondary N) is 2. The summed E-state index contributed by atoms with van der Waals surface area (Å²) in [5.74, 6) is -0.321. The predicted molar refractivity (Wildman–Crippen MR) is 102 cm³/mol. The number of rotatable bonds is 8. The highest BCUT2D eigenvalue weighted by Crippen LogP contribution is 2.36. The Kier molecular flexibility index (Phi) is 6.83. The van der Waals surface area contributed by atoms with Crippen molar-refractivity contribution < 1.29 is 40.0 Å². The fraction of sp³-hybridized carbons (Fsp3) is 0.278. The number of Topliss-reactive ketones (excluding diaryl/α,β-unsaturated/α-hetero) is 1. The van der Waals surface area contributed by atoms with Crippen molar-refractivity contribution in [1.29, 1.82) is 0 Å². The van der Waals surface area contributed by atoms with Gasteiger partial charge in [0.15, 0.2) is 17.3 Å². The van der Waals surface area contributed by atoms with E-state index in [2.05, 4.69) is 0 Å². The molecule has 2 aromatic rings. The highest BCUT2D eigenvalue weighted by Gasteiger charge is 2.34. The lowest BCUT2D eigenvalue weighted by Gasteiger charge is -2.17. The molecule has 2 aromatic carbocycles. The molecule has 12 heteroatoms. The predicted octanol–water partition coefficient (Wildman–Crippen LogP) is 3.47. The maximum Gasteiger partial charge on any atom is 0.418 e. The molecule has 0 spiro atoms. The Labute approximate surface area is 171 Å². The molecule has 0 saturated heterocycles. The summed E-state index contributed by atoms with van der Waals surface area (Å²) in [6.45, 7) is 2.75. The van der Waals surface area contributed by atoms with Crippen molar-refractivity contribution >= 4 is 21.8 Å². The Hall–Kier alpha value is -2.99. The number of aryl methyl sites for hydroxylation is 1. The summed E-state index contributed by atoms with van der Waals surface area (Å²) in [5, 5.41) is 0. The minimum Gasteiger partial charge on any atom is -0.496 e. The molecule has 2 rings (SSSR count). The number of benzene rings is 2. The summed E-state index contributed by atoms with van der Waals surface area (Å²) in [7, 11) is -1.91. The number of hydrazine groups is 1. The number of halogens is 3. The quantitative estimate of drug-likeness (QED) is 0.471. The van der Waals surface area contributed by atoms with Gasteiger partial charge in [-0.15, -0.1) is 0 Å². The van der Waals surface area contributed by atoms with Crippen LogP contribution in [-0.4, -0.2) is 28.4 Å². The molecule has 0 radical (unpaired) electrons. The van der Waals surface area contributed by atoms with E-state index in [1.807, 2.05) is 5.43 Å². The van der Waals surface area contributed by atoms with E-state index in [4.69, 9.17) is 13.7 Å². The van der Waals surface area contributed by atoms with Crippen molar-refractivity contribution in [2.45, 2.75) is 20.0 Å². The largest absolute Gasteiger partial charge is 0.496 e. The number of methoxy groups -OCH3 is 2. The number of carbonyl (C=O) groups is 1. The van der Waals surface area contributed by atoms with Crippen molar-refractivity contribution in [3.05, 3.63) is 47.0 Å². The van der Waals surface area contributed by atoms with Crippen LogP contribution < -0.4 is 23.9 Å². The minimum absolute atomic E-state index is 0.0321. The van der Waals surface area contributed by atoms with Crippen LogP contribution in [0.15, 0.2) is 30.3 Å². The number of carbonyl (C=O) groups excluding carboxylic acids is 1. The van der Waals surface area contributed by atoms with Crippen molar-refractivity contribution in [2.75, 3.05) is 19.6 Å². The third kappa shape index (κ3) is 5.54. The van der Waals surface area contributed by atoms with Crippen LogP contribution in [0.25, 0.3) is 0 Å². The monoisotopic (exact) mass is 448 g/mol. The highest BCUT2D eigenvalue weighted by molar-refractivity contribution is 7.85. The Morgan fingerprint density at radius 2 is 1.63 bits per heavy atom. The average molecular weight is 448 g/mol. The molecule has 0 amide bonds. The maximum atomic E-state index is 13.3. The van der Waals surface area contributed by atoms with Gasteiger partial charge in [-0.25, -0.2) is 0 Å². The second kappa shape index (κ2) is 8.79. The van der Waals surface area contributed by atoms with Gasteiger partial charge in [0.05, 0.1) is 25.5 Å². The fourth-order valence-electron chi connectivity index (χ4n) is 2.45. The number of ether oxygens (including phenoxy) is 2. The zero-order valence-electron chi connectivity index (χ0n) is 16.4. The van der Waals surface area contributed by atoms with Crippen LogP contribution in [0.1, 0.15) is 28.4 Å². The Bertz CT molecular complexity index is 1050. The van der Waals surface area contributed by atoms with Gasteiger partial charge in [-0.05, 0) is 43.7 Å². The summed E-state index contributed by atoms with van der Waals surface area (Å²) in [6, 6.07) is 5.41. The van der Waals surface area contributed by atoms with Crippen LogP contribution >= 0.6 is 0 Å². The first kappa shape index (κ1) is 23.3. The van der Waals surface area contributed by atoms with Gasteiger partial charge in [0.25, 0.3) is 0 Å². The number of anilines is 1. The molecule has 0 aliphatic heterocycles. The lowest BCUT2D eigenvalue weighted by Crippen LogP contribution is -2.34. The normalized spacial score (nSPS) is 11.7. The molecule has 0 aromatic heterocycles. The van der Waals surface area contributed by atoms with E-state index in [-0.39, 0.29) is 17.1 Å². The van der Waals surface area contributed by atoms with E-state index < -0.39 is 33.5 Å². The SMILES string of the molecule is COc1cc(OC)c(OS(=O)(=O)NNc2ccc(C(C)=O)cc2C(F)(F)F)cc1C. The molecule has 2 N–H and O–H groups in total. The minimum atomic E-state index is -4.84. The van der Waals surface area contributed by atoms with Crippen molar-refractivity contribution in [1.82, 2.24) is 4.83 Å². The molecule has 164 valence electrons. The van der Waals surface area contributed by atoms with Crippen LogP contribution in [0.3, 0.4) is 0 Å². The lowest BCUT2D eigenvalue weighted by molar-refractivity contribution is -0.137. The number of ketones is 1. The molecule has 0 fully saturated rings. The van der Waals surface area contributed by atoms with Gasteiger partial charge in [-0.1, -0.05) is 4.83 Å². The van der Waals surface area contributed by atoms with Gasteiger partial charge in [-0.2, -0.15) is 21.6 Å². The van der Waals surface area contributed by atoms with E-state index in [1.165, 1.54) is 26.4 Å². The van der Waals surface area contributed by atoms with E-state index in [9.17, 15) is 26.4 Å². The smallest absolute Gasteiger partial charge is 0.418 e. The molecule has 30 heavy (non-hydrogen) atoms. The molecule has 0 heterocycles. The van der Waals surface area contributed by atoms with E-state index in [1.54, 1.807) is 11.8 Å². The van der Waals surface area contributed by atoms with Gasteiger partial charge in [0.2, 0.25) is 0 Å². The second-order valence-electron chi connectivity index (χ2n) is 6.05. The summed E-state index contributed by atoms with van der Waals surface area (Å²) in [6.07, 6.45) is -4.84. The third-order valence-electron chi connectivity index (χ3n) is 3.92. The first-order valence-corrected chi connectivity index (χ1v) is 9.71. The summed E-state index contributed by atoms with van der Waals surface area (Å²) < 4.78 is 79.4. The van der Waals surface area contributed by atoms with Crippen LogP contribution in [0, 0.1) is 6.92 Å². The Morgan fingerprint density at radius 1 is 1.00 bits per heavy atom. The average Bonchev–Trinajstić information content (AvgIpc) is 2.65. The zero-order chi connectivity index (χ0) is 22.7. The molecule has 0 aliphatic rings. The van der Waals surface area contributed by atoms with Crippen molar-refractivity contribution in [2.24, 2.45) is 0 Å². The van der Waals surface area contributed by atoms with Crippen molar-refractivity contribution in [3.63, 3.8) is 0 Å². The van der Waals surface area contributed by atoms with Crippen LogP contribution in [-0.2, 0) is 16.5 Å². The van der Waals surface area contributed by atoms with Gasteiger partial charge in [0, 0.05) is 11.6 Å². The molecule has 0 unspecified atom stereocenters. The third-order valence-corrected chi connectivity index (χ3v) is 4.67. The molecule has 0 atom stereocenters. The van der Waals surface area contributed by atoms with E-state index in [0.29, 0.717) is 17.4 Å². The molecular formula is C18H19F3N2O6S. The Balaban J connectivity index is 2.28. The topological polar surface area (TPSA) is 103 Å². The first-order valence-electron chi connectivity index (χ1n) is 8.30. The number of alkyl halides is 3. The second-order valence-corrected chi connectivity index (χ2v) is 7.33. The highest BCUT2D eigenvalue weighted by atomic mass is 32.2. The number of hydrogen-bond acceptors (Lipinski definition) is 7. The Morgan fingerprint density at radius 3 is 2.17 bits per heavy atom. The maximum absolute atomic E-state index is 13.3. The molecule has 0 bridgehead atoms. The van der Waals surface area contributed by atoms with Gasteiger partial charge >= 0.3 is 16.5 Å². The van der Waals surface area contributed by atoms with Gasteiger partial charge in [-0.3, -0.25) is 4.79 Å². The zero-order valence-corrected chi connectivity index (χ0v) is 17.2. The molecule has 8 nitrogen and oxygen atoms in total. The molecular weight excluding hydrogens is 429 g/mol. The van der Waals surface area contributed by atoms with Gasteiger partial charge in [0.1, 0.15) is 5.75 Å². The summed E-state index contributed by atoms with van der Waals surface area (Å²) in [5.41, 5.74) is 0.484. The summed E-state index contributed by atoms with van der Waals surface area (Å²) in [4.78, 5) is 13.1. The van der Waals surface area contributed by atoms with Gasteiger partial charge < -0.3 is 19.1 Å². The van der Waals surface area contributed by atoms with Crippen LogP contribution in [0.2, 0.25) is 0 Å². The fourth-order valence-corrected chi connectivity index (χ4v) is 3.09. The first-order chi connectivity index (χ1) is 13.9. The van der Waals surface area contributed by atoms with Crippen LogP contribution in [0.5, 0.6) is 17.2 Å². The molecule has 0 saturated carbocycles. The number of hydrogen-bond donors (Lipinski definition) is 2. The lowest BCUT2D eigenvalue weighted by atomic mass is 10.1. The van der Waals surface area contributed by atoms with E-state index >= 15 is 0 Å². The molecule has 0 aliphatic carbocycles.